The summed E-state index contributed by atoms with van der Waals surface area (Å²) in [5.41, 5.74) is 27.9. The lowest BCUT2D eigenvalue weighted by Gasteiger charge is -2.11. The van der Waals surface area contributed by atoms with Crippen molar-refractivity contribution in [3.8, 4) is 158 Å². The number of benzene rings is 14. The second-order valence-electron chi connectivity index (χ2n) is 28.6. The quantitative estimate of drug-likeness (QED) is 0.101. The van der Waals surface area contributed by atoms with Crippen LogP contribution in [0.25, 0.3) is 220 Å². The number of fused-ring (bicyclic) bond motifs is 9. The first-order valence-corrected chi connectivity index (χ1v) is 40.4. The van der Waals surface area contributed by atoms with E-state index in [0.717, 1.165) is 159 Å². The Hall–Kier alpha value is -15.6. The van der Waals surface area contributed by atoms with Gasteiger partial charge in [-0.3, -0.25) is 4.98 Å². The Morgan fingerprint density at radius 3 is 0.992 bits per heavy atom. The summed E-state index contributed by atoms with van der Waals surface area (Å²) >= 11 is 3.33. The highest BCUT2D eigenvalue weighted by molar-refractivity contribution is 7.26. The van der Waals surface area contributed by atoms with Crippen LogP contribution >= 0.6 is 22.7 Å². The molecule has 0 aliphatic heterocycles. The first kappa shape index (κ1) is 70.3. The predicted molar refractivity (Wildman–Crippen MR) is 481 cm³/mol. The molecule has 13 nitrogen and oxygen atoms in total. The molecule has 0 radical (unpaired) electrons. The molecule has 22 rings (SSSR count). The van der Waals surface area contributed by atoms with Crippen molar-refractivity contribution in [2.75, 3.05) is 0 Å². The van der Waals surface area contributed by atoms with E-state index in [0.29, 0.717) is 34.9 Å². The lowest BCUT2D eigenvalue weighted by atomic mass is 9.97. The molecular weight excluding hydrogens is 1480 g/mol. The smallest absolute Gasteiger partial charge is 0.164 e. The molecule has 0 atom stereocenters. The summed E-state index contributed by atoms with van der Waals surface area (Å²) in [5.74, 6) is 3.79. The third-order valence-corrected chi connectivity index (χ3v) is 23.5. The molecule has 0 amide bonds. The second-order valence-corrected chi connectivity index (χ2v) is 30.7. The Bertz CT molecular complexity index is 7490. The van der Waals surface area contributed by atoms with E-state index < -0.39 is 0 Å². The molecule has 0 aliphatic carbocycles. The normalized spacial score (nSPS) is 11.4. The van der Waals surface area contributed by atoms with Crippen LogP contribution in [0.15, 0.2) is 382 Å². The fourth-order valence-corrected chi connectivity index (χ4v) is 17.4. The molecule has 552 valence electrons. The maximum Gasteiger partial charge on any atom is 0.164 e. The first-order valence-electron chi connectivity index (χ1n) is 38.7. The molecule has 8 heterocycles. The van der Waals surface area contributed by atoms with Gasteiger partial charge in [0.15, 0.2) is 34.9 Å². The van der Waals surface area contributed by atoms with Gasteiger partial charge in [-0.1, -0.05) is 334 Å². The zero-order valence-electron chi connectivity index (χ0n) is 63.0. The summed E-state index contributed by atoms with van der Waals surface area (Å²) < 4.78 is 3.33. The summed E-state index contributed by atoms with van der Waals surface area (Å²) in [5, 5.41) is 15.4. The fourth-order valence-electron chi connectivity index (χ4n) is 15.2. The lowest BCUT2D eigenvalue weighted by Crippen LogP contribution is -2.00. The van der Waals surface area contributed by atoms with Crippen molar-refractivity contribution >= 4 is 85.5 Å². The molecule has 0 saturated heterocycles. The van der Waals surface area contributed by atoms with E-state index in [9.17, 15) is 0 Å². The van der Waals surface area contributed by atoms with Crippen molar-refractivity contribution < 1.29 is 0 Å². The van der Waals surface area contributed by atoms with Crippen LogP contribution in [-0.4, -0.2) is 65.3 Å². The third-order valence-electron chi connectivity index (χ3n) is 21.2. The molecular formula is C103H63N13S2. The molecule has 0 fully saturated rings. The van der Waals surface area contributed by atoms with Gasteiger partial charge >= 0.3 is 0 Å². The minimum Gasteiger partial charge on any atom is -0.254 e. The van der Waals surface area contributed by atoms with Crippen molar-refractivity contribution in [2.24, 2.45) is 0 Å². The van der Waals surface area contributed by atoms with Gasteiger partial charge in [-0.2, -0.15) is 0 Å². The Balaban J connectivity index is 0.000000147. The van der Waals surface area contributed by atoms with Crippen LogP contribution in [0.4, 0.5) is 0 Å². The molecule has 118 heavy (non-hydrogen) atoms. The van der Waals surface area contributed by atoms with E-state index in [-0.39, 0.29) is 0 Å². The topological polar surface area (TPSA) is 168 Å². The number of aromatic nitrogens is 13. The SMILES string of the molecule is c1ccc(-c2ccc(-c3nc(-c4ccccc4)nc(-c4ccc(-c5ccc(-c6cccc(-c7nnnc8c7sc7nc9ccccc9nc78)c6)cc5)cc4)n3)cc2)cc1.c1ccc(-c2ccc(-c3nc(-c4ccccc4)nc(-c4ccc(-c5cccc(-c6ccc(-c7nc8cccnc8c8c7sc7ccccc78)cc6)c5)cc4)n3)cc2)cc1. The van der Waals surface area contributed by atoms with Gasteiger partial charge < -0.3 is 0 Å². The zero-order valence-corrected chi connectivity index (χ0v) is 64.6. The van der Waals surface area contributed by atoms with Crippen molar-refractivity contribution in [1.29, 1.82) is 0 Å². The monoisotopic (exact) mass is 1550 g/mol. The van der Waals surface area contributed by atoms with Crippen LogP contribution in [0.5, 0.6) is 0 Å². The zero-order chi connectivity index (χ0) is 78.2. The van der Waals surface area contributed by atoms with Gasteiger partial charge in [0, 0.05) is 66.2 Å². The van der Waals surface area contributed by atoms with E-state index in [4.69, 9.17) is 49.8 Å². The summed E-state index contributed by atoms with van der Waals surface area (Å²) in [6.45, 7) is 0. The second kappa shape index (κ2) is 30.8. The first-order chi connectivity index (χ1) is 58.4. The van der Waals surface area contributed by atoms with Crippen LogP contribution in [0.2, 0.25) is 0 Å². The van der Waals surface area contributed by atoms with Gasteiger partial charge in [0.2, 0.25) is 0 Å². The highest BCUT2D eigenvalue weighted by Gasteiger charge is 2.22. The number of pyridine rings is 2. The number of para-hydroxylation sites is 2. The number of hydrogen-bond donors (Lipinski definition) is 0. The van der Waals surface area contributed by atoms with E-state index in [1.165, 1.54) is 26.6 Å². The van der Waals surface area contributed by atoms with E-state index in [1.807, 2.05) is 109 Å². The van der Waals surface area contributed by atoms with Crippen molar-refractivity contribution in [1.82, 2.24) is 65.3 Å². The average molecular weight is 1550 g/mol. The molecule has 0 unspecified atom stereocenters. The Morgan fingerprint density at radius 2 is 0.534 bits per heavy atom. The van der Waals surface area contributed by atoms with Crippen molar-refractivity contribution in [3.05, 3.63) is 382 Å². The summed E-state index contributed by atoms with van der Waals surface area (Å²) in [7, 11) is 0. The summed E-state index contributed by atoms with van der Waals surface area (Å²) in [6, 6.07) is 130. The Kier molecular flexibility index (Phi) is 18.3. The predicted octanol–water partition coefficient (Wildman–Crippen LogP) is 25.9. The molecule has 22 aromatic rings. The summed E-state index contributed by atoms with van der Waals surface area (Å²) in [4.78, 5) is 50.2. The standard InChI is InChI=1S/C53H33N5S.C50H30N8S/c1-3-11-34(12-4-1)35-22-28-40(29-23-35)52-56-51(39-13-5-2-6-14-39)57-53(58-52)41-30-24-37(25-31-41)43-16-9-15-42(33-43)36-20-26-38(27-21-36)48-50-47(44-17-7-8-19-46(44)59-50)49-45(55-48)18-10-32-54-49;1-3-10-31(11-4-1)32-22-26-37(27-23-32)48-53-47(36-12-5-2-6-13-36)54-49(55-48)38-28-24-34(25-29-38)33-18-20-35(21-19-33)39-14-9-15-40(30-39)43-46-44(57-58-56-43)45-50(59-46)52-42-17-8-7-16-41(42)51-45/h1-33H;1-30H. The van der Waals surface area contributed by atoms with Crippen LogP contribution in [0.3, 0.4) is 0 Å². The largest absolute Gasteiger partial charge is 0.254 e. The minimum absolute atomic E-state index is 0.621. The van der Waals surface area contributed by atoms with Crippen molar-refractivity contribution in [3.63, 3.8) is 0 Å². The van der Waals surface area contributed by atoms with E-state index in [1.54, 1.807) is 22.7 Å². The summed E-state index contributed by atoms with van der Waals surface area (Å²) in [6.07, 6.45) is 1.85. The van der Waals surface area contributed by atoms with Crippen LogP contribution in [0.1, 0.15) is 0 Å². The number of rotatable bonds is 14. The van der Waals surface area contributed by atoms with E-state index in [2.05, 4.69) is 288 Å². The molecule has 15 heteroatoms. The Morgan fingerprint density at radius 1 is 0.195 bits per heavy atom. The van der Waals surface area contributed by atoms with Crippen LogP contribution in [-0.2, 0) is 0 Å². The molecule has 8 aromatic heterocycles. The van der Waals surface area contributed by atoms with Gasteiger partial charge in [-0.15, -0.1) is 32.9 Å². The van der Waals surface area contributed by atoms with Gasteiger partial charge in [-0.25, -0.2) is 44.9 Å². The molecule has 0 N–H and O–H groups in total. The molecule has 0 bridgehead atoms. The lowest BCUT2D eigenvalue weighted by molar-refractivity contribution is 0.904. The molecule has 0 aliphatic rings. The number of thiophene rings is 2. The fraction of sp³-hybridized carbons (Fsp3) is 0. The number of hydrogen-bond acceptors (Lipinski definition) is 15. The maximum absolute atomic E-state index is 5.14. The van der Waals surface area contributed by atoms with Gasteiger partial charge in [0.25, 0.3) is 0 Å². The molecule has 14 aromatic carbocycles. The highest BCUT2D eigenvalue weighted by atomic mass is 32.1. The van der Waals surface area contributed by atoms with Crippen LogP contribution in [0, 0.1) is 0 Å². The highest BCUT2D eigenvalue weighted by Crippen LogP contribution is 2.44. The maximum atomic E-state index is 5.14. The average Bonchev–Trinajstić information content (AvgIpc) is 1.57. The molecule has 0 saturated carbocycles. The third kappa shape index (κ3) is 13.9. The van der Waals surface area contributed by atoms with Gasteiger partial charge in [0.1, 0.15) is 21.6 Å². The van der Waals surface area contributed by atoms with Gasteiger partial charge in [-0.05, 0) is 114 Å². The number of nitrogens with zero attached hydrogens (tertiary/aromatic N) is 13. The Labute approximate surface area is 685 Å². The van der Waals surface area contributed by atoms with E-state index >= 15 is 0 Å². The van der Waals surface area contributed by atoms with Crippen LogP contribution < -0.4 is 0 Å². The minimum atomic E-state index is 0.621. The van der Waals surface area contributed by atoms with Crippen molar-refractivity contribution in [2.45, 2.75) is 0 Å². The van der Waals surface area contributed by atoms with Gasteiger partial charge in [0.05, 0.1) is 37.2 Å². The molecule has 0 spiro atoms.